The fraction of sp³-hybridized carbons (Fsp3) is 0.286. The third-order valence-corrected chi connectivity index (χ3v) is 3.76. The summed E-state index contributed by atoms with van der Waals surface area (Å²) in [6.45, 7) is 2.14. The van der Waals surface area contributed by atoms with Crippen LogP contribution in [0.1, 0.15) is 54.9 Å². The van der Waals surface area contributed by atoms with Crippen LogP contribution in [0.2, 0.25) is 0 Å². The highest BCUT2D eigenvalue weighted by Crippen LogP contribution is 2.13. The van der Waals surface area contributed by atoms with Gasteiger partial charge in [-0.2, -0.15) is 5.10 Å². The smallest absolute Gasteiger partial charge is 0.343 e. The van der Waals surface area contributed by atoms with Crippen LogP contribution >= 0.6 is 0 Å². The molecule has 0 saturated heterocycles. The molecule has 26 heavy (non-hydrogen) atoms. The first-order valence-corrected chi connectivity index (χ1v) is 8.88. The summed E-state index contributed by atoms with van der Waals surface area (Å²) in [4.78, 5) is 23.6. The highest BCUT2D eigenvalue weighted by atomic mass is 16.5. The van der Waals surface area contributed by atoms with E-state index >= 15 is 0 Å². The van der Waals surface area contributed by atoms with Crippen LogP contribution in [0.5, 0.6) is 5.75 Å². The molecule has 0 spiro atoms. The van der Waals surface area contributed by atoms with Crippen LogP contribution < -0.4 is 10.2 Å². The number of carbonyl (C=O) groups is 2. The molecular formula is C21H24N2O3. The van der Waals surface area contributed by atoms with E-state index in [-0.39, 0.29) is 5.91 Å². The van der Waals surface area contributed by atoms with Crippen LogP contribution in [-0.4, -0.2) is 18.1 Å². The number of benzene rings is 2. The van der Waals surface area contributed by atoms with E-state index in [2.05, 4.69) is 17.5 Å². The first-order valence-electron chi connectivity index (χ1n) is 8.88. The normalized spacial score (nSPS) is 10.7. The molecule has 0 bridgehead atoms. The second kappa shape index (κ2) is 10.8. The van der Waals surface area contributed by atoms with Gasteiger partial charge in [-0.05, 0) is 48.4 Å². The Labute approximate surface area is 154 Å². The summed E-state index contributed by atoms with van der Waals surface area (Å²) in [5, 5.41) is 3.95. The van der Waals surface area contributed by atoms with E-state index in [1.165, 1.54) is 0 Å². The van der Waals surface area contributed by atoms with Crippen molar-refractivity contribution in [3.8, 4) is 5.75 Å². The third-order valence-electron chi connectivity index (χ3n) is 3.76. The molecule has 2 aromatic rings. The largest absolute Gasteiger partial charge is 0.423 e. The summed E-state index contributed by atoms with van der Waals surface area (Å²) in [5.41, 5.74) is 3.82. The van der Waals surface area contributed by atoms with Crippen LogP contribution in [0.25, 0.3) is 0 Å². The molecule has 0 atom stereocenters. The molecule has 0 aliphatic heterocycles. The first-order chi connectivity index (χ1) is 12.7. The molecule has 0 fully saturated rings. The van der Waals surface area contributed by atoms with Crippen molar-refractivity contribution < 1.29 is 14.3 Å². The Balaban J connectivity index is 1.78. The number of hydrogen-bond donors (Lipinski definition) is 1. The van der Waals surface area contributed by atoms with Gasteiger partial charge >= 0.3 is 5.97 Å². The minimum absolute atomic E-state index is 0.0780. The Bertz CT molecular complexity index is 725. The fourth-order valence-corrected chi connectivity index (χ4v) is 2.31. The Kier molecular flexibility index (Phi) is 8.06. The maximum atomic E-state index is 12.0. The number of esters is 1. The molecule has 0 saturated carbocycles. The number of ether oxygens (including phenoxy) is 1. The molecule has 1 amide bonds. The number of unbranched alkanes of at least 4 members (excludes halogenated alkanes) is 3. The molecule has 5 heteroatoms. The molecule has 0 aliphatic carbocycles. The van der Waals surface area contributed by atoms with Crippen molar-refractivity contribution in [2.24, 2.45) is 5.10 Å². The number of hydrogen-bond acceptors (Lipinski definition) is 4. The highest BCUT2D eigenvalue weighted by molar-refractivity contribution is 5.91. The average Bonchev–Trinajstić information content (AvgIpc) is 2.67. The Morgan fingerprint density at radius 1 is 1.00 bits per heavy atom. The molecule has 0 unspecified atom stereocenters. The number of hydrazone groups is 1. The standard InChI is InChI=1S/C21H24N2O3/c1-2-3-4-8-11-20(24)23-22-16-17-12-14-19(15-13-17)26-21(25)18-9-6-5-7-10-18/h5-7,9-10,12-16H,2-4,8,11H2,1H3,(H,23,24). The number of nitrogens with one attached hydrogen (secondary N) is 1. The van der Waals surface area contributed by atoms with Crippen molar-refractivity contribution in [1.82, 2.24) is 5.43 Å². The van der Waals surface area contributed by atoms with E-state index in [1.807, 2.05) is 6.07 Å². The van der Waals surface area contributed by atoms with Gasteiger partial charge in [0.15, 0.2) is 0 Å². The first kappa shape index (κ1) is 19.4. The van der Waals surface area contributed by atoms with Crippen LogP contribution in [0.15, 0.2) is 59.7 Å². The molecule has 5 nitrogen and oxygen atoms in total. The molecule has 0 aliphatic rings. The number of rotatable bonds is 9. The molecule has 0 aromatic heterocycles. The van der Waals surface area contributed by atoms with Gasteiger partial charge in [-0.1, -0.05) is 44.4 Å². The van der Waals surface area contributed by atoms with Gasteiger partial charge in [-0.15, -0.1) is 0 Å². The Morgan fingerprint density at radius 3 is 2.42 bits per heavy atom. The van der Waals surface area contributed by atoms with E-state index in [0.29, 0.717) is 17.7 Å². The van der Waals surface area contributed by atoms with Crippen molar-refractivity contribution in [3.63, 3.8) is 0 Å². The molecule has 2 rings (SSSR count). The predicted octanol–water partition coefficient (Wildman–Crippen LogP) is 4.33. The topological polar surface area (TPSA) is 67.8 Å². The van der Waals surface area contributed by atoms with Crippen molar-refractivity contribution in [2.45, 2.75) is 39.0 Å². The van der Waals surface area contributed by atoms with Crippen LogP contribution in [-0.2, 0) is 4.79 Å². The predicted molar refractivity (Wildman–Crippen MR) is 102 cm³/mol. The number of carbonyl (C=O) groups excluding carboxylic acids is 2. The van der Waals surface area contributed by atoms with Crippen LogP contribution in [0, 0.1) is 0 Å². The van der Waals surface area contributed by atoms with E-state index in [1.54, 1.807) is 54.7 Å². The van der Waals surface area contributed by atoms with Crippen molar-refractivity contribution in [3.05, 3.63) is 65.7 Å². The lowest BCUT2D eigenvalue weighted by Crippen LogP contribution is -2.16. The SMILES string of the molecule is CCCCCCC(=O)NN=Cc1ccc(OC(=O)c2ccccc2)cc1. The van der Waals surface area contributed by atoms with Gasteiger partial charge in [0.1, 0.15) is 5.75 Å². The zero-order chi connectivity index (χ0) is 18.6. The van der Waals surface area contributed by atoms with Crippen LogP contribution in [0.4, 0.5) is 0 Å². The van der Waals surface area contributed by atoms with Gasteiger partial charge < -0.3 is 4.74 Å². The summed E-state index contributed by atoms with van der Waals surface area (Å²) >= 11 is 0. The Morgan fingerprint density at radius 2 is 1.73 bits per heavy atom. The van der Waals surface area contributed by atoms with Gasteiger partial charge in [0, 0.05) is 6.42 Å². The maximum absolute atomic E-state index is 12.0. The van der Waals surface area contributed by atoms with Crippen molar-refractivity contribution in [2.75, 3.05) is 0 Å². The second-order valence-electron chi connectivity index (χ2n) is 5.93. The van der Waals surface area contributed by atoms with E-state index in [4.69, 9.17) is 4.74 Å². The van der Waals surface area contributed by atoms with Crippen molar-refractivity contribution >= 4 is 18.1 Å². The third kappa shape index (κ3) is 6.89. The lowest BCUT2D eigenvalue weighted by atomic mass is 10.1. The molecule has 1 N–H and O–H groups in total. The van der Waals surface area contributed by atoms with Gasteiger partial charge in [-0.3, -0.25) is 4.79 Å². The van der Waals surface area contributed by atoms with E-state index in [0.717, 1.165) is 31.2 Å². The zero-order valence-electron chi connectivity index (χ0n) is 15.0. The Hall–Kier alpha value is -2.95. The zero-order valence-corrected chi connectivity index (χ0v) is 15.0. The number of amides is 1. The van der Waals surface area contributed by atoms with Gasteiger partial charge in [-0.25, -0.2) is 10.2 Å². The van der Waals surface area contributed by atoms with Gasteiger partial charge in [0.05, 0.1) is 11.8 Å². The maximum Gasteiger partial charge on any atom is 0.343 e. The molecule has 0 heterocycles. The van der Waals surface area contributed by atoms with E-state index in [9.17, 15) is 9.59 Å². The van der Waals surface area contributed by atoms with Gasteiger partial charge in [0.2, 0.25) is 5.91 Å². The summed E-state index contributed by atoms with van der Waals surface area (Å²) in [6.07, 6.45) is 6.31. The summed E-state index contributed by atoms with van der Waals surface area (Å²) < 4.78 is 5.31. The lowest BCUT2D eigenvalue weighted by Gasteiger charge is -2.04. The number of nitrogens with zero attached hydrogens (tertiary/aromatic N) is 1. The summed E-state index contributed by atoms with van der Waals surface area (Å²) in [6, 6.07) is 15.7. The minimum atomic E-state index is -0.401. The quantitative estimate of drug-likeness (QED) is 0.240. The van der Waals surface area contributed by atoms with E-state index < -0.39 is 5.97 Å². The average molecular weight is 352 g/mol. The minimum Gasteiger partial charge on any atom is -0.423 e. The monoisotopic (exact) mass is 352 g/mol. The highest BCUT2D eigenvalue weighted by Gasteiger charge is 2.07. The molecular weight excluding hydrogens is 328 g/mol. The second-order valence-corrected chi connectivity index (χ2v) is 5.93. The molecule has 0 radical (unpaired) electrons. The van der Waals surface area contributed by atoms with Crippen molar-refractivity contribution in [1.29, 1.82) is 0 Å². The summed E-state index contributed by atoms with van der Waals surface area (Å²) in [5.74, 6) is -0.0240. The molecule has 136 valence electrons. The lowest BCUT2D eigenvalue weighted by molar-refractivity contribution is -0.121. The fourth-order valence-electron chi connectivity index (χ4n) is 2.31. The van der Waals surface area contributed by atoms with Crippen LogP contribution in [0.3, 0.4) is 0 Å². The molecule has 2 aromatic carbocycles. The van der Waals surface area contributed by atoms with Gasteiger partial charge in [0.25, 0.3) is 0 Å². The summed E-state index contributed by atoms with van der Waals surface area (Å²) in [7, 11) is 0.